The number of aromatic nitrogens is 5. The van der Waals surface area contributed by atoms with Crippen molar-refractivity contribution in [3.63, 3.8) is 0 Å². The van der Waals surface area contributed by atoms with E-state index in [2.05, 4.69) is 20.1 Å². The van der Waals surface area contributed by atoms with Crippen LogP contribution >= 0.6 is 0 Å². The number of hydrogen-bond donors (Lipinski definition) is 1. The zero-order valence-corrected chi connectivity index (χ0v) is 17.1. The van der Waals surface area contributed by atoms with Crippen LogP contribution in [-0.4, -0.2) is 54.0 Å². The van der Waals surface area contributed by atoms with Gasteiger partial charge in [-0.3, -0.25) is 10.0 Å². The lowest BCUT2D eigenvalue weighted by atomic mass is 9.96. The van der Waals surface area contributed by atoms with Crippen molar-refractivity contribution in [2.75, 3.05) is 18.0 Å². The maximum absolute atomic E-state index is 14.2. The van der Waals surface area contributed by atoms with E-state index in [0.29, 0.717) is 36.9 Å². The van der Waals surface area contributed by atoms with Crippen LogP contribution in [0.1, 0.15) is 18.4 Å². The Morgan fingerprint density at radius 1 is 1.16 bits per heavy atom. The summed E-state index contributed by atoms with van der Waals surface area (Å²) < 4.78 is 42.3. The van der Waals surface area contributed by atoms with Gasteiger partial charge >= 0.3 is 0 Å². The van der Waals surface area contributed by atoms with Crippen molar-refractivity contribution in [1.82, 2.24) is 29.8 Å². The maximum Gasteiger partial charge on any atom is 0.249 e. The number of hydrogen-bond acceptors (Lipinski definition) is 7. The summed E-state index contributed by atoms with van der Waals surface area (Å²) in [4.78, 5) is 26.7. The smallest absolute Gasteiger partial charge is 0.249 e. The molecule has 2 aromatic heterocycles. The number of aryl methyl sites for hydroxylation is 1. The first-order valence-electron chi connectivity index (χ1n) is 9.89. The van der Waals surface area contributed by atoms with Gasteiger partial charge in [-0.2, -0.15) is 5.10 Å². The van der Waals surface area contributed by atoms with Crippen molar-refractivity contribution in [3.05, 3.63) is 53.7 Å². The van der Waals surface area contributed by atoms with Gasteiger partial charge in [-0.15, -0.1) is 0 Å². The molecular formula is C20H20F3N7O2. The molecule has 0 saturated carbocycles. The number of benzene rings is 1. The molecular weight excluding hydrogens is 427 g/mol. The minimum Gasteiger partial charge on any atom is -0.341 e. The molecule has 9 nitrogen and oxygen atoms in total. The van der Waals surface area contributed by atoms with Crippen molar-refractivity contribution in [3.8, 4) is 11.5 Å². The molecule has 1 saturated heterocycles. The van der Waals surface area contributed by atoms with Gasteiger partial charge < -0.3 is 4.90 Å². The first-order chi connectivity index (χ1) is 15.3. The van der Waals surface area contributed by atoms with Crippen LogP contribution in [0.15, 0.2) is 30.7 Å². The van der Waals surface area contributed by atoms with E-state index in [0.717, 1.165) is 24.4 Å². The molecule has 3 aromatic rings. The fourth-order valence-electron chi connectivity index (χ4n) is 3.67. The van der Waals surface area contributed by atoms with E-state index >= 15 is 0 Å². The Hall–Kier alpha value is -3.54. The molecule has 32 heavy (non-hydrogen) atoms. The van der Waals surface area contributed by atoms with Gasteiger partial charge in [0.15, 0.2) is 11.6 Å². The molecule has 0 bridgehead atoms. The highest BCUT2D eigenvalue weighted by Gasteiger charge is 2.30. The van der Waals surface area contributed by atoms with Crippen LogP contribution in [0.5, 0.6) is 0 Å². The van der Waals surface area contributed by atoms with Crippen molar-refractivity contribution < 1.29 is 23.2 Å². The van der Waals surface area contributed by atoms with Gasteiger partial charge in [0, 0.05) is 32.1 Å². The molecule has 1 amide bonds. The summed E-state index contributed by atoms with van der Waals surface area (Å²) in [6, 6.07) is 2.83. The lowest BCUT2D eigenvalue weighted by Gasteiger charge is -2.32. The van der Waals surface area contributed by atoms with E-state index in [1.165, 1.54) is 11.0 Å². The molecule has 1 N–H and O–H groups in total. The predicted molar refractivity (Wildman–Crippen MR) is 106 cm³/mol. The Morgan fingerprint density at radius 3 is 2.47 bits per heavy atom. The Bertz CT molecular complexity index is 1110. The molecule has 1 aliphatic heterocycles. The van der Waals surface area contributed by atoms with Crippen molar-refractivity contribution >= 4 is 11.9 Å². The number of nitrogens with zero attached hydrogens (tertiary/aromatic N) is 7. The van der Waals surface area contributed by atoms with E-state index in [-0.39, 0.29) is 23.6 Å². The summed E-state index contributed by atoms with van der Waals surface area (Å²) in [5.74, 6) is -2.64. The average molecular weight is 447 g/mol. The molecule has 0 atom stereocenters. The molecule has 3 heterocycles. The average Bonchev–Trinajstić information content (AvgIpc) is 3.18. The van der Waals surface area contributed by atoms with Crippen LogP contribution in [0.25, 0.3) is 11.5 Å². The highest BCUT2D eigenvalue weighted by molar-refractivity contribution is 5.78. The summed E-state index contributed by atoms with van der Waals surface area (Å²) in [6.07, 6.45) is 3.16. The topological polar surface area (TPSA) is 100 Å². The Kier molecular flexibility index (Phi) is 6.04. The lowest BCUT2D eigenvalue weighted by Crippen LogP contribution is -2.42. The minimum absolute atomic E-state index is 0.0251. The number of hydroxylamine groups is 2. The van der Waals surface area contributed by atoms with Crippen LogP contribution < -0.4 is 4.90 Å². The Morgan fingerprint density at radius 2 is 1.84 bits per heavy atom. The molecule has 1 aromatic carbocycles. The van der Waals surface area contributed by atoms with Gasteiger partial charge in [0.05, 0.1) is 12.7 Å². The molecule has 0 aliphatic carbocycles. The zero-order valence-electron chi connectivity index (χ0n) is 17.1. The quantitative estimate of drug-likeness (QED) is 0.473. The second-order valence-electron chi connectivity index (χ2n) is 7.51. The summed E-state index contributed by atoms with van der Waals surface area (Å²) in [7, 11) is 1.62. The molecule has 1 aliphatic rings. The third-order valence-electron chi connectivity index (χ3n) is 5.29. The molecule has 4 rings (SSSR count). The molecule has 12 heteroatoms. The van der Waals surface area contributed by atoms with E-state index in [1.54, 1.807) is 7.05 Å². The molecule has 0 unspecified atom stereocenters. The van der Waals surface area contributed by atoms with Gasteiger partial charge in [-0.1, -0.05) is 0 Å². The first-order valence-corrected chi connectivity index (χ1v) is 9.89. The van der Waals surface area contributed by atoms with Crippen LogP contribution in [0, 0.1) is 23.4 Å². The monoisotopic (exact) mass is 447 g/mol. The largest absolute Gasteiger partial charge is 0.341 e. The first kappa shape index (κ1) is 21.7. The lowest BCUT2D eigenvalue weighted by molar-refractivity contribution is -0.173. The van der Waals surface area contributed by atoms with Gasteiger partial charge in [0.2, 0.25) is 11.9 Å². The summed E-state index contributed by atoms with van der Waals surface area (Å²) in [6.45, 7) is 0.487. The second kappa shape index (κ2) is 8.91. The number of halogens is 3. The van der Waals surface area contributed by atoms with Gasteiger partial charge in [0.25, 0.3) is 0 Å². The van der Waals surface area contributed by atoms with Crippen LogP contribution in [0.2, 0.25) is 0 Å². The molecule has 0 radical (unpaired) electrons. The van der Waals surface area contributed by atoms with Gasteiger partial charge in [-0.25, -0.2) is 37.9 Å². The van der Waals surface area contributed by atoms with E-state index < -0.39 is 29.3 Å². The third kappa shape index (κ3) is 4.54. The van der Waals surface area contributed by atoms with E-state index in [4.69, 9.17) is 0 Å². The summed E-state index contributed by atoms with van der Waals surface area (Å²) in [5, 5.41) is 14.5. The minimum atomic E-state index is -0.783. The number of anilines is 1. The van der Waals surface area contributed by atoms with Gasteiger partial charge in [-0.05, 0) is 30.5 Å². The highest BCUT2D eigenvalue weighted by Crippen LogP contribution is 2.25. The fourth-order valence-corrected chi connectivity index (χ4v) is 3.67. The normalized spacial score (nSPS) is 14.6. The Labute approximate surface area is 181 Å². The third-order valence-corrected chi connectivity index (χ3v) is 5.29. The van der Waals surface area contributed by atoms with Crippen molar-refractivity contribution in [2.45, 2.75) is 19.4 Å². The van der Waals surface area contributed by atoms with E-state index in [9.17, 15) is 23.2 Å². The van der Waals surface area contributed by atoms with Crippen LogP contribution in [0.4, 0.5) is 19.1 Å². The SMILES string of the molecule is Cn1ncnc1-c1nc(N2CCC(C(=O)N(O)Cc3cc(F)cc(F)c3)CC2)ncc1F. The predicted octanol–water partition coefficient (Wildman–Crippen LogP) is 2.32. The van der Waals surface area contributed by atoms with E-state index in [1.807, 2.05) is 4.90 Å². The summed E-state index contributed by atoms with van der Waals surface area (Å²) in [5.41, 5.74) is 0.170. The highest BCUT2D eigenvalue weighted by atomic mass is 19.1. The second-order valence-corrected chi connectivity index (χ2v) is 7.51. The number of piperidine rings is 1. The van der Waals surface area contributed by atoms with Crippen molar-refractivity contribution in [2.24, 2.45) is 13.0 Å². The fraction of sp³-hybridized carbons (Fsp3) is 0.350. The van der Waals surface area contributed by atoms with Crippen LogP contribution in [-0.2, 0) is 18.4 Å². The summed E-state index contributed by atoms with van der Waals surface area (Å²) >= 11 is 0. The van der Waals surface area contributed by atoms with Crippen molar-refractivity contribution in [1.29, 1.82) is 0 Å². The standard InChI is InChI=1S/C20H20F3N7O2/c1-28-18(25-11-26-28)17-16(23)9-24-20(27-17)29-4-2-13(3-5-29)19(31)30(32)10-12-6-14(21)8-15(22)7-12/h6-9,11,13,32H,2-5,10H2,1H3. The van der Waals surface area contributed by atoms with Gasteiger partial charge in [0.1, 0.15) is 23.7 Å². The molecule has 0 spiro atoms. The number of carbonyl (C=O) groups excluding carboxylic acids is 1. The number of carbonyl (C=O) groups is 1. The number of amides is 1. The molecule has 1 fully saturated rings. The van der Waals surface area contributed by atoms with Crippen LogP contribution in [0.3, 0.4) is 0 Å². The maximum atomic E-state index is 14.2. The molecule has 168 valence electrons. The number of rotatable bonds is 5. The zero-order chi connectivity index (χ0) is 22.8. The Balaban J connectivity index is 1.40.